The number of urea groups is 1. The van der Waals surface area contributed by atoms with Crippen LogP contribution in [0.1, 0.15) is 5.76 Å². The van der Waals surface area contributed by atoms with Crippen LogP contribution in [0.3, 0.4) is 0 Å². The van der Waals surface area contributed by atoms with Gasteiger partial charge in [0, 0.05) is 5.75 Å². The van der Waals surface area contributed by atoms with Gasteiger partial charge in [0.2, 0.25) is 5.91 Å². The number of nitro groups is 1. The molecule has 12 heteroatoms. The van der Waals surface area contributed by atoms with Gasteiger partial charge in [-0.05, 0) is 6.07 Å². The second-order valence-corrected chi connectivity index (χ2v) is 3.23. The number of rotatable bonds is 3. The average molecular weight is 310 g/mol. The molecule has 20 heavy (non-hydrogen) atoms. The Morgan fingerprint density at radius 3 is 2.60 bits per heavy atom. The molecule has 1 aliphatic heterocycles. The fourth-order valence-electron chi connectivity index (χ4n) is 1.22. The summed E-state index contributed by atoms with van der Waals surface area (Å²) in [6, 6.07) is 0.136. The molecule has 0 aliphatic carbocycles. The maximum atomic E-state index is 11.1. The van der Waals surface area contributed by atoms with Crippen LogP contribution in [0, 0.1) is 10.1 Å². The predicted molar refractivity (Wildman–Crippen MR) is 56.3 cm³/mol. The van der Waals surface area contributed by atoms with Gasteiger partial charge >= 0.3 is 63.3 Å². The van der Waals surface area contributed by atoms with Crippen LogP contribution in [-0.2, 0) is 4.79 Å². The number of nitrogens with zero attached hydrogens (tertiary/aromatic N) is 3. The summed E-state index contributed by atoms with van der Waals surface area (Å²) in [4.78, 5) is 31.3. The zero-order valence-electron chi connectivity index (χ0n) is 10.2. The molecule has 1 aromatic rings. The Hall–Kier alpha value is -1.31. The summed E-state index contributed by atoms with van der Waals surface area (Å²) in [5, 5.41) is 27.7. The Balaban J connectivity index is 0.00000180. The van der Waals surface area contributed by atoms with Crippen LogP contribution >= 0.6 is 0 Å². The van der Waals surface area contributed by atoms with E-state index in [0.29, 0.717) is 0 Å². The first-order valence-corrected chi connectivity index (χ1v) is 4.58. The number of imide groups is 1. The van der Waals surface area contributed by atoms with Crippen molar-refractivity contribution in [3.8, 4) is 5.75 Å². The van der Waals surface area contributed by atoms with Crippen molar-refractivity contribution in [1.82, 2.24) is 10.3 Å². The first kappa shape index (κ1) is 18.7. The minimum Gasteiger partial charge on any atom is -0.865 e. The van der Waals surface area contributed by atoms with E-state index in [-0.39, 0.29) is 69.2 Å². The van der Waals surface area contributed by atoms with E-state index in [4.69, 9.17) is 0 Å². The first-order valence-electron chi connectivity index (χ1n) is 4.58. The summed E-state index contributed by atoms with van der Waals surface area (Å²) < 4.78 is 4.59. The number of hydrogen-bond acceptors (Lipinski definition) is 7. The van der Waals surface area contributed by atoms with Crippen LogP contribution in [0.5, 0.6) is 5.75 Å². The van der Waals surface area contributed by atoms with Crippen molar-refractivity contribution < 1.29 is 80.9 Å². The maximum absolute atomic E-state index is 11.1. The molecule has 2 heterocycles. The topological polar surface area (TPSA) is 173 Å². The quantitative estimate of drug-likeness (QED) is 0.193. The van der Waals surface area contributed by atoms with Crippen LogP contribution in [0.2, 0.25) is 0 Å². The number of amides is 3. The Labute approximate surface area is 153 Å². The zero-order valence-corrected chi connectivity index (χ0v) is 13.3. The molecule has 102 valence electrons. The van der Waals surface area contributed by atoms with E-state index in [1.807, 2.05) is 5.32 Å². The Kier molecular flexibility index (Phi) is 6.97. The van der Waals surface area contributed by atoms with Gasteiger partial charge in [0.05, 0.1) is 6.21 Å². The van der Waals surface area contributed by atoms with Gasteiger partial charge in [0.25, 0.3) is 0 Å². The monoisotopic (exact) mass is 310 g/mol. The van der Waals surface area contributed by atoms with E-state index in [2.05, 4.69) is 9.52 Å². The molecular formula is C8H7KN4O7. The molecule has 3 N–H and O–H groups in total. The molecule has 11 nitrogen and oxygen atoms in total. The predicted octanol–water partition coefficient (Wildman–Crippen LogP) is -4.67. The van der Waals surface area contributed by atoms with Crippen LogP contribution in [0.25, 0.3) is 0 Å². The standard InChI is InChI=1S/C8H6N4O6.K.H2O/c13-5-1-4(18-7(5)12(16)17)2-9-11-3-6(14)10-8(11)15;;/h1-2,13H,3H2,(H,10,14,15);;1H2/q;+1;/p-1/b9-2+;;. The van der Waals surface area contributed by atoms with Gasteiger partial charge in [-0.2, -0.15) is 5.10 Å². The smallest absolute Gasteiger partial charge is 0.865 e. The fraction of sp³-hybridized carbons (Fsp3) is 0.125. The molecule has 0 aromatic carbocycles. The molecule has 0 spiro atoms. The fourth-order valence-corrected chi connectivity index (χ4v) is 1.22. The number of carbonyl (C=O) groups excluding carboxylic acids is 2. The van der Waals surface area contributed by atoms with E-state index in [1.54, 1.807) is 0 Å². The SMILES string of the molecule is O.O=C1CN(/N=C/c2cc([O-])c([N+](=O)[O-])o2)C(=O)N1.[K+]. The van der Waals surface area contributed by atoms with Gasteiger partial charge in [0.1, 0.15) is 11.5 Å². The van der Waals surface area contributed by atoms with Crippen molar-refractivity contribution in [3.63, 3.8) is 0 Å². The summed E-state index contributed by atoms with van der Waals surface area (Å²) in [6.07, 6.45) is 0.937. The largest absolute Gasteiger partial charge is 1.00 e. The molecular weight excluding hydrogens is 303 g/mol. The van der Waals surface area contributed by atoms with Crippen LogP contribution < -0.4 is 61.8 Å². The molecule has 1 saturated heterocycles. The molecule has 1 aromatic heterocycles. The summed E-state index contributed by atoms with van der Waals surface area (Å²) in [6.45, 7) is -0.262. The third kappa shape index (κ3) is 4.09. The summed E-state index contributed by atoms with van der Waals surface area (Å²) in [5.74, 6) is -2.53. The Bertz CT molecular complexity index is 569. The number of carbonyl (C=O) groups is 2. The number of furan rings is 1. The normalized spacial score (nSPS) is 13.9. The second-order valence-electron chi connectivity index (χ2n) is 3.23. The average Bonchev–Trinajstić information content (AvgIpc) is 2.79. The third-order valence-electron chi connectivity index (χ3n) is 1.96. The minimum absolute atomic E-state index is 0. The van der Waals surface area contributed by atoms with Crippen molar-refractivity contribution in [2.75, 3.05) is 6.54 Å². The summed E-state index contributed by atoms with van der Waals surface area (Å²) >= 11 is 0. The van der Waals surface area contributed by atoms with Gasteiger partial charge in [-0.3, -0.25) is 20.2 Å². The van der Waals surface area contributed by atoms with Gasteiger partial charge < -0.3 is 15.0 Å². The van der Waals surface area contributed by atoms with E-state index in [0.717, 1.165) is 17.3 Å². The van der Waals surface area contributed by atoms with E-state index < -0.39 is 28.5 Å². The molecule has 1 fully saturated rings. The van der Waals surface area contributed by atoms with Crippen molar-refractivity contribution in [2.24, 2.45) is 5.10 Å². The third-order valence-corrected chi connectivity index (χ3v) is 1.96. The first-order chi connectivity index (χ1) is 8.47. The van der Waals surface area contributed by atoms with Crippen LogP contribution in [0.15, 0.2) is 15.6 Å². The molecule has 0 atom stereocenters. The van der Waals surface area contributed by atoms with Crippen molar-refractivity contribution in [2.45, 2.75) is 0 Å². The minimum atomic E-state index is -0.967. The number of hydrazone groups is 1. The molecule has 0 radical (unpaired) electrons. The molecule has 2 rings (SSSR count). The van der Waals surface area contributed by atoms with E-state index in [9.17, 15) is 24.8 Å². The van der Waals surface area contributed by atoms with Gasteiger partial charge in [-0.25, -0.2) is 9.80 Å². The summed E-state index contributed by atoms with van der Waals surface area (Å²) in [5.41, 5.74) is 0. The van der Waals surface area contributed by atoms with Crippen LogP contribution in [0.4, 0.5) is 10.7 Å². The number of nitrogens with one attached hydrogen (secondary N) is 1. The second kappa shape index (κ2) is 7.46. The number of hydrogen-bond donors (Lipinski definition) is 1. The van der Waals surface area contributed by atoms with E-state index in [1.165, 1.54) is 0 Å². The van der Waals surface area contributed by atoms with Gasteiger partial charge in [-0.1, -0.05) is 0 Å². The maximum Gasteiger partial charge on any atom is 1.00 e. The molecule has 0 saturated carbocycles. The van der Waals surface area contributed by atoms with Crippen LogP contribution in [-0.4, -0.2) is 40.1 Å². The van der Waals surface area contributed by atoms with Crippen molar-refractivity contribution >= 4 is 24.0 Å². The van der Waals surface area contributed by atoms with E-state index >= 15 is 0 Å². The van der Waals surface area contributed by atoms with Crippen molar-refractivity contribution in [1.29, 1.82) is 0 Å². The summed E-state index contributed by atoms with van der Waals surface area (Å²) in [7, 11) is 0. The molecule has 3 amide bonds. The zero-order chi connectivity index (χ0) is 13.3. The molecule has 0 bridgehead atoms. The van der Waals surface area contributed by atoms with Crippen molar-refractivity contribution in [3.05, 3.63) is 21.9 Å². The molecule has 0 unspecified atom stereocenters. The Morgan fingerprint density at radius 2 is 2.15 bits per heavy atom. The van der Waals surface area contributed by atoms with Gasteiger partial charge in [-0.15, -0.1) is 0 Å². The molecule has 1 aliphatic rings. The van der Waals surface area contributed by atoms with Gasteiger partial charge in [0.15, 0.2) is 5.76 Å². The Morgan fingerprint density at radius 1 is 1.50 bits per heavy atom.